The van der Waals surface area contributed by atoms with Gasteiger partial charge in [-0.2, -0.15) is 0 Å². The summed E-state index contributed by atoms with van der Waals surface area (Å²) in [4.78, 5) is 25.9. The number of carbonyl (C=O) groups excluding carboxylic acids is 2. The van der Waals surface area contributed by atoms with Crippen LogP contribution < -0.4 is 10.6 Å². The lowest BCUT2D eigenvalue weighted by Crippen LogP contribution is -2.56. The Kier molecular flexibility index (Phi) is 5.08. The highest BCUT2D eigenvalue weighted by Gasteiger charge is 2.49. The maximum Gasteiger partial charge on any atom is 0.256 e. The van der Waals surface area contributed by atoms with Gasteiger partial charge in [-0.1, -0.05) is 46.0 Å². The number of likely N-dealkylation sites (N-methyl/N-ethyl adjacent to an activating group) is 1. The van der Waals surface area contributed by atoms with Crippen LogP contribution in [0.5, 0.6) is 0 Å². The summed E-state index contributed by atoms with van der Waals surface area (Å²) in [5, 5.41) is 13.8. The number of carbonyl (C=O) groups is 2. The third-order valence-electron chi connectivity index (χ3n) is 4.86. The van der Waals surface area contributed by atoms with Crippen molar-refractivity contribution in [2.45, 2.75) is 57.9 Å². The summed E-state index contributed by atoms with van der Waals surface area (Å²) in [5.74, 6) is 0.339. The molecule has 1 saturated carbocycles. The molecule has 1 aliphatic carbocycles. The van der Waals surface area contributed by atoms with Crippen molar-refractivity contribution in [3.05, 3.63) is 0 Å². The molecular weight excluding hydrogens is 280 g/mol. The summed E-state index contributed by atoms with van der Waals surface area (Å²) < 4.78 is 0. The molecule has 6 nitrogen and oxygen atoms in total. The van der Waals surface area contributed by atoms with Crippen LogP contribution in [-0.4, -0.2) is 41.8 Å². The number of amides is 2. The van der Waals surface area contributed by atoms with Gasteiger partial charge >= 0.3 is 0 Å². The summed E-state index contributed by atoms with van der Waals surface area (Å²) in [5.41, 5.74) is -0.849. The SMILES string of the molecule is CC(C)C(=O)NCC1(CC2CCCCC2)NC(=N)N(C)C1=O. The lowest BCUT2D eigenvalue weighted by Gasteiger charge is -2.33. The average molecular weight is 308 g/mol. The number of guanidine groups is 1. The van der Waals surface area contributed by atoms with Gasteiger partial charge in [0.2, 0.25) is 5.91 Å². The van der Waals surface area contributed by atoms with E-state index < -0.39 is 5.54 Å². The molecule has 2 amide bonds. The summed E-state index contributed by atoms with van der Waals surface area (Å²) in [6.45, 7) is 3.93. The second kappa shape index (κ2) is 6.67. The maximum absolute atomic E-state index is 12.7. The van der Waals surface area contributed by atoms with E-state index >= 15 is 0 Å². The summed E-state index contributed by atoms with van der Waals surface area (Å²) in [6, 6.07) is 0. The van der Waals surface area contributed by atoms with Crippen molar-refractivity contribution in [2.24, 2.45) is 11.8 Å². The number of hydrogen-bond donors (Lipinski definition) is 3. The summed E-state index contributed by atoms with van der Waals surface area (Å²) in [6.07, 6.45) is 6.64. The quantitative estimate of drug-likeness (QED) is 0.719. The normalized spacial score (nSPS) is 26.5. The molecule has 0 spiro atoms. The molecule has 2 fully saturated rings. The van der Waals surface area contributed by atoms with E-state index in [2.05, 4.69) is 10.6 Å². The first-order chi connectivity index (χ1) is 10.4. The molecule has 1 heterocycles. The lowest BCUT2D eigenvalue weighted by atomic mass is 9.79. The second-order valence-electron chi connectivity index (χ2n) is 7.00. The topological polar surface area (TPSA) is 85.3 Å². The fourth-order valence-corrected chi connectivity index (χ4v) is 3.44. The number of hydrogen-bond acceptors (Lipinski definition) is 3. The van der Waals surface area contributed by atoms with Gasteiger partial charge in [0, 0.05) is 19.5 Å². The Bertz CT molecular complexity index is 457. The van der Waals surface area contributed by atoms with Crippen molar-refractivity contribution in [3.63, 3.8) is 0 Å². The zero-order valence-corrected chi connectivity index (χ0v) is 13.9. The van der Waals surface area contributed by atoms with E-state index in [4.69, 9.17) is 5.41 Å². The second-order valence-corrected chi connectivity index (χ2v) is 7.00. The van der Waals surface area contributed by atoms with Gasteiger partial charge in [-0.25, -0.2) is 0 Å². The summed E-state index contributed by atoms with van der Waals surface area (Å²) >= 11 is 0. The van der Waals surface area contributed by atoms with Crippen LogP contribution in [0.2, 0.25) is 0 Å². The van der Waals surface area contributed by atoms with Crippen molar-refractivity contribution in [1.29, 1.82) is 5.41 Å². The largest absolute Gasteiger partial charge is 0.353 e. The molecular formula is C16H28N4O2. The van der Waals surface area contributed by atoms with Crippen LogP contribution >= 0.6 is 0 Å². The van der Waals surface area contributed by atoms with Crippen LogP contribution in [0.25, 0.3) is 0 Å². The van der Waals surface area contributed by atoms with Crippen LogP contribution in [0, 0.1) is 17.2 Å². The van der Waals surface area contributed by atoms with E-state index in [1.54, 1.807) is 7.05 Å². The third-order valence-corrected chi connectivity index (χ3v) is 4.86. The van der Waals surface area contributed by atoms with Crippen LogP contribution in [0.15, 0.2) is 0 Å². The Hall–Kier alpha value is -1.59. The number of nitrogens with one attached hydrogen (secondary N) is 3. The van der Waals surface area contributed by atoms with Gasteiger partial charge in [0.25, 0.3) is 5.91 Å². The Balaban J connectivity index is 2.11. The van der Waals surface area contributed by atoms with Crippen LogP contribution in [0.4, 0.5) is 0 Å². The van der Waals surface area contributed by atoms with Crippen LogP contribution in [0.3, 0.4) is 0 Å². The molecule has 1 atom stereocenters. The highest BCUT2D eigenvalue weighted by molar-refractivity contribution is 6.08. The molecule has 1 saturated heterocycles. The Labute approximate surface area is 132 Å². The highest BCUT2D eigenvalue weighted by atomic mass is 16.2. The first-order valence-electron chi connectivity index (χ1n) is 8.28. The molecule has 0 radical (unpaired) electrons. The van der Waals surface area contributed by atoms with E-state index in [1.807, 2.05) is 13.8 Å². The maximum atomic E-state index is 12.7. The highest BCUT2D eigenvalue weighted by Crippen LogP contribution is 2.33. The predicted molar refractivity (Wildman–Crippen MR) is 85.4 cm³/mol. The molecule has 124 valence electrons. The smallest absolute Gasteiger partial charge is 0.256 e. The molecule has 1 unspecified atom stereocenters. The van der Waals surface area contributed by atoms with Gasteiger partial charge < -0.3 is 10.6 Å². The Morgan fingerprint density at radius 2 is 2.05 bits per heavy atom. The van der Waals surface area contributed by atoms with E-state index in [9.17, 15) is 9.59 Å². The van der Waals surface area contributed by atoms with Gasteiger partial charge in [-0.05, 0) is 12.3 Å². The van der Waals surface area contributed by atoms with Gasteiger partial charge in [-0.15, -0.1) is 0 Å². The van der Waals surface area contributed by atoms with Gasteiger partial charge in [0.05, 0.1) is 0 Å². The molecule has 3 N–H and O–H groups in total. The molecule has 22 heavy (non-hydrogen) atoms. The minimum absolute atomic E-state index is 0.0568. The van der Waals surface area contributed by atoms with Crippen molar-refractivity contribution < 1.29 is 9.59 Å². The zero-order chi connectivity index (χ0) is 16.3. The van der Waals surface area contributed by atoms with Crippen LogP contribution in [0.1, 0.15) is 52.4 Å². The molecule has 0 aromatic carbocycles. The molecule has 6 heteroatoms. The van der Waals surface area contributed by atoms with Gasteiger partial charge in [0.1, 0.15) is 5.54 Å². The Morgan fingerprint density at radius 3 is 2.55 bits per heavy atom. The van der Waals surface area contributed by atoms with Crippen molar-refractivity contribution >= 4 is 17.8 Å². The van der Waals surface area contributed by atoms with Crippen molar-refractivity contribution in [3.8, 4) is 0 Å². The van der Waals surface area contributed by atoms with E-state index in [0.717, 1.165) is 12.8 Å². The van der Waals surface area contributed by atoms with Crippen molar-refractivity contribution in [2.75, 3.05) is 13.6 Å². The predicted octanol–water partition coefficient (Wildman–Crippen LogP) is 1.46. The van der Waals surface area contributed by atoms with Crippen LogP contribution in [-0.2, 0) is 9.59 Å². The van der Waals surface area contributed by atoms with Gasteiger partial charge in [-0.3, -0.25) is 19.9 Å². The molecule has 0 aromatic rings. The van der Waals surface area contributed by atoms with E-state index in [0.29, 0.717) is 12.3 Å². The number of nitrogens with zero attached hydrogens (tertiary/aromatic N) is 1. The molecule has 1 aliphatic heterocycles. The number of rotatable bonds is 5. The van der Waals surface area contributed by atoms with Gasteiger partial charge in [0.15, 0.2) is 5.96 Å². The van der Waals surface area contributed by atoms with E-state index in [-0.39, 0.29) is 30.2 Å². The standard InChI is InChI=1S/C16H28N4O2/c1-11(2)13(21)18-10-16(9-12-7-5-4-6-8-12)14(22)20(3)15(17)19-16/h11-12H,4-10H2,1-3H3,(H2,17,19)(H,18,21). The zero-order valence-electron chi connectivity index (χ0n) is 13.9. The molecule has 2 aliphatic rings. The minimum Gasteiger partial charge on any atom is -0.353 e. The Morgan fingerprint density at radius 1 is 1.41 bits per heavy atom. The first-order valence-corrected chi connectivity index (χ1v) is 8.28. The minimum atomic E-state index is -0.849. The molecule has 2 rings (SSSR count). The fourth-order valence-electron chi connectivity index (χ4n) is 3.44. The molecule has 0 aromatic heterocycles. The third kappa shape index (κ3) is 3.42. The fraction of sp³-hybridized carbons (Fsp3) is 0.812. The van der Waals surface area contributed by atoms with Crippen molar-refractivity contribution in [1.82, 2.24) is 15.5 Å². The lowest BCUT2D eigenvalue weighted by molar-refractivity contribution is -0.131. The first kappa shape index (κ1) is 16.8. The average Bonchev–Trinajstić information content (AvgIpc) is 2.70. The summed E-state index contributed by atoms with van der Waals surface area (Å²) in [7, 11) is 1.62. The van der Waals surface area contributed by atoms with E-state index in [1.165, 1.54) is 24.2 Å². The monoisotopic (exact) mass is 308 g/mol. The molecule has 0 bridgehead atoms.